The first kappa shape index (κ1) is 53.1. The van der Waals surface area contributed by atoms with Gasteiger partial charge in [0.05, 0.1) is 0 Å². The van der Waals surface area contributed by atoms with Gasteiger partial charge < -0.3 is 14.2 Å². The quantitative estimate of drug-likeness (QED) is 0.0265. The van der Waals surface area contributed by atoms with Crippen LogP contribution in [0.15, 0.2) is 12.2 Å². The number of unbranched alkanes of at least 4 members (excludes halogenated alkanes) is 31. The van der Waals surface area contributed by atoms with E-state index in [1.807, 2.05) is 0 Å². The third-order valence-corrected chi connectivity index (χ3v) is 10.8. The largest absolute Gasteiger partial charge is 0.462 e. The van der Waals surface area contributed by atoms with E-state index < -0.39 is 6.10 Å². The number of hydrogen-bond donors (Lipinski definition) is 0. The Bertz CT molecular complexity index is 854. The number of carbonyl (C=O) groups excluding carboxylic acids is 3. The molecule has 0 amide bonds. The Labute approximate surface area is 341 Å². The lowest BCUT2D eigenvalue weighted by molar-refractivity contribution is -0.167. The normalized spacial score (nSPS) is 12.0. The fraction of sp³-hybridized carbons (Fsp3) is 0.898. The van der Waals surface area contributed by atoms with Gasteiger partial charge in [0, 0.05) is 19.3 Å². The van der Waals surface area contributed by atoms with E-state index in [1.165, 1.54) is 161 Å². The van der Waals surface area contributed by atoms with Crippen molar-refractivity contribution in [2.45, 2.75) is 271 Å². The van der Waals surface area contributed by atoms with Crippen LogP contribution in [0.2, 0.25) is 0 Å². The van der Waals surface area contributed by atoms with Crippen LogP contribution >= 0.6 is 0 Å². The van der Waals surface area contributed by atoms with E-state index in [1.54, 1.807) is 0 Å². The molecule has 0 fully saturated rings. The maximum Gasteiger partial charge on any atom is 0.306 e. The lowest BCUT2D eigenvalue weighted by Crippen LogP contribution is -2.30. The molecule has 1 unspecified atom stereocenters. The Morgan fingerprint density at radius 2 is 0.600 bits per heavy atom. The predicted octanol–water partition coefficient (Wildman–Crippen LogP) is 15.4. The zero-order valence-corrected chi connectivity index (χ0v) is 37.0. The topological polar surface area (TPSA) is 78.9 Å². The number of rotatable bonds is 44. The van der Waals surface area contributed by atoms with Gasteiger partial charge in [-0.3, -0.25) is 14.4 Å². The number of esters is 3. The summed E-state index contributed by atoms with van der Waals surface area (Å²) in [5.41, 5.74) is 0. The molecule has 0 aliphatic rings. The summed E-state index contributed by atoms with van der Waals surface area (Å²) in [5, 5.41) is 0. The monoisotopic (exact) mass is 777 g/mol. The fourth-order valence-corrected chi connectivity index (χ4v) is 7.08. The zero-order valence-electron chi connectivity index (χ0n) is 37.0. The minimum Gasteiger partial charge on any atom is -0.462 e. The number of carbonyl (C=O) groups is 3. The summed E-state index contributed by atoms with van der Waals surface area (Å²) < 4.78 is 16.7. The summed E-state index contributed by atoms with van der Waals surface area (Å²) in [6.45, 7) is 6.63. The van der Waals surface area contributed by atoms with E-state index in [0.717, 1.165) is 64.2 Å². The molecule has 0 spiro atoms. The van der Waals surface area contributed by atoms with Crippen LogP contribution in [0.5, 0.6) is 0 Å². The van der Waals surface area contributed by atoms with E-state index in [9.17, 15) is 14.4 Å². The highest BCUT2D eigenvalue weighted by molar-refractivity contribution is 5.71. The summed E-state index contributed by atoms with van der Waals surface area (Å²) in [4.78, 5) is 37.8. The molecule has 0 saturated heterocycles. The number of ether oxygens (including phenoxy) is 3. The van der Waals surface area contributed by atoms with Gasteiger partial charge in [-0.15, -0.1) is 0 Å². The van der Waals surface area contributed by atoms with Crippen molar-refractivity contribution in [1.82, 2.24) is 0 Å². The van der Waals surface area contributed by atoms with E-state index in [-0.39, 0.29) is 31.1 Å². The van der Waals surface area contributed by atoms with Crippen LogP contribution in [-0.2, 0) is 28.6 Å². The van der Waals surface area contributed by atoms with Crippen molar-refractivity contribution in [2.24, 2.45) is 0 Å². The van der Waals surface area contributed by atoms with Crippen molar-refractivity contribution < 1.29 is 28.6 Å². The molecule has 1 atom stereocenters. The van der Waals surface area contributed by atoms with E-state index >= 15 is 0 Å². The Hall–Kier alpha value is -1.85. The fourth-order valence-electron chi connectivity index (χ4n) is 7.08. The standard InChI is InChI=1S/C49H92O6/c1-4-7-10-13-16-19-22-23-24-25-28-30-33-36-39-42-48(51)54-45-46(55-49(52)43-40-37-34-31-27-21-18-15-12-9-6-3)44-53-47(50)41-38-35-32-29-26-20-17-14-11-8-5-2/h23-24,46H,4-22,25-45H2,1-3H3/b24-23+. The van der Waals surface area contributed by atoms with Gasteiger partial charge in [-0.05, 0) is 44.9 Å². The van der Waals surface area contributed by atoms with Crippen LogP contribution in [0, 0.1) is 0 Å². The molecule has 0 aromatic heterocycles. The molecule has 6 heteroatoms. The molecule has 0 N–H and O–H groups in total. The summed E-state index contributed by atoms with van der Waals surface area (Å²) in [6.07, 6.45) is 47.6. The molecule has 0 aliphatic carbocycles. The number of hydrogen-bond acceptors (Lipinski definition) is 6. The zero-order chi connectivity index (χ0) is 40.1. The molecule has 324 valence electrons. The van der Waals surface area contributed by atoms with Crippen LogP contribution in [-0.4, -0.2) is 37.2 Å². The highest BCUT2D eigenvalue weighted by Gasteiger charge is 2.19. The second kappa shape index (κ2) is 44.9. The van der Waals surface area contributed by atoms with Gasteiger partial charge in [-0.2, -0.15) is 0 Å². The molecule has 0 radical (unpaired) electrons. The molecule has 0 heterocycles. The highest BCUT2D eigenvalue weighted by Crippen LogP contribution is 2.15. The lowest BCUT2D eigenvalue weighted by atomic mass is 10.1. The van der Waals surface area contributed by atoms with E-state index in [2.05, 4.69) is 32.9 Å². The third kappa shape index (κ3) is 43.1. The summed E-state index contributed by atoms with van der Waals surface area (Å²) in [6, 6.07) is 0. The summed E-state index contributed by atoms with van der Waals surface area (Å²) in [7, 11) is 0. The third-order valence-electron chi connectivity index (χ3n) is 10.8. The van der Waals surface area contributed by atoms with Crippen LogP contribution in [0.4, 0.5) is 0 Å². The van der Waals surface area contributed by atoms with Gasteiger partial charge in [0.25, 0.3) is 0 Å². The average molecular weight is 777 g/mol. The Balaban J connectivity index is 4.32. The molecule has 0 aliphatic heterocycles. The molecule has 55 heavy (non-hydrogen) atoms. The Kier molecular flexibility index (Phi) is 43.4. The van der Waals surface area contributed by atoms with Gasteiger partial charge >= 0.3 is 17.9 Å². The van der Waals surface area contributed by atoms with Gasteiger partial charge in [-0.1, -0.05) is 213 Å². The van der Waals surface area contributed by atoms with Crippen molar-refractivity contribution >= 4 is 17.9 Å². The van der Waals surface area contributed by atoms with Crippen molar-refractivity contribution in [3.8, 4) is 0 Å². The van der Waals surface area contributed by atoms with Crippen LogP contribution in [0.25, 0.3) is 0 Å². The maximum absolute atomic E-state index is 12.7. The average Bonchev–Trinajstić information content (AvgIpc) is 3.18. The van der Waals surface area contributed by atoms with Crippen LogP contribution < -0.4 is 0 Å². The van der Waals surface area contributed by atoms with Crippen molar-refractivity contribution in [3.05, 3.63) is 12.2 Å². The number of allylic oxidation sites excluding steroid dienone is 2. The summed E-state index contributed by atoms with van der Waals surface area (Å²) >= 11 is 0. The maximum atomic E-state index is 12.7. The van der Waals surface area contributed by atoms with Crippen molar-refractivity contribution in [3.63, 3.8) is 0 Å². The molecule has 6 nitrogen and oxygen atoms in total. The molecule has 0 aromatic carbocycles. The smallest absolute Gasteiger partial charge is 0.306 e. The first-order valence-electron chi connectivity index (χ1n) is 24.2. The molecular weight excluding hydrogens is 685 g/mol. The second-order valence-electron chi connectivity index (χ2n) is 16.4. The summed E-state index contributed by atoms with van der Waals surface area (Å²) in [5.74, 6) is -0.867. The highest BCUT2D eigenvalue weighted by atomic mass is 16.6. The minimum absolute atomic E-state index is 0.0679. The molecular formula is C49H92O6. The van der Waals surface area contributed by atoms with E-state index in [0.29, 0.717) is 19.3 Å². The minimum atomic E-state index is -0.764. The van der Waals surface area contributed by atoms with E-state index in [4.69, 9.17) is 14.2 Å². The molecule has 0 bridgehead atoms. The van der Waals surface area contributed by atoms with Crippen LogP contribution in [0.1, 0.15) is 265 Å². The predicted molar refractivity (Wildman–Crippen MR) is 233 cm³/mol. The lowest BCUT2D eigenvalue weighted by Gasteiger charge is -2.18. The first-order chi connectivity index (χ1) is 27.0. The Morgan fingerprint density at radius 1 is 0.345 bits per heavy atom. The molecule has 0 saturated carbocycles. The first-order valence-corrected chi connectivity index (χ1v) is 24.2. The molecule has 0 aromatic rings. The van der Waals surface area contributed by atoms with Crippen molar-refractivity contribution in [1.29, 1.82) is 0 Å². The second-order valence-corrected chi connectivity index (χ2v) is 16.4. The van der Waals surface area contributed by atoms with Crippen LogP contribution in [0.3, 0.4) is 0 Å². The SMILES string of the molecule is CCCCCCCC/C=C/CCCCCCCC(=O)OCC(COC(=O)CCCCCCCCCCCCC)OC(=O)CCCCCCCCCCCCC. The van der Waals surface area contributed by atoms with Gasteiger partial charge in [0.1, 0.15) is 13.2 Å². The Morgan fingerprint density at radius 3 is 0.909 bits per heavy atom. The van der Waals surface area contributed by atoms with Gasteiger partial charge in [-0.25, -0.2) is 0 Å². The molecule has 0 rings (SSSR count). The van der Waals surface area contributed by atoms with Gasteiger partial charge in [0.2, 0.25) is 0 Å². The van der Waals surface area contributed by atoms with Gasteiger partial charge in [0.15, 0.2) is 6.10 Å². The van der Waals surface area contributed by atoms with Crippen molar-refractivity contribution in [2.75, 3.05) is 13.2 Å².